The van der Waals surface area contributed by atoms with E-state index in [1.807, 2.05) is 33.8 Å². The van der Waals surface area contributed by atoms with Crippen LogP contribution in [-0.4, -0.2) is 124 Å². The Morgan fingerprint density at radius 3 is 2.68 bits per heavy atom. The number of ether oxygens (including phenoxy) is 4. The van der Waals surface area contributed by atoms with Crippen LogP contribution in [0.5, 0.6) is 0 Å². The van der Waals surface area contributed by atoms with Crippen molar-refractivity contribution in [2.45, 2.75) is 140 Å². The van der Waals surface area contributed by atoms with E-state index in [1.165, 1.54) is 7.11 Å². The molecule has 5 N–H and O–H groups in total. The molecule has 0 aromatic heterocycles. The molecule has 3 aliphatic heterocycles. The fraction of sp³-hybridized carbons (Fsp3) is 0.757. The largest absolute Gasteiger partial charge is 0.481 e. The zero-order chi connectivity index (χ0) is 37.2. The molecule has 3 heterocycles. The van der Waals surface area contributed by atoms with Crippen LogP contribution >= 0.6 is 0 Å². The smallest absolute Gasteiger partial charge is 0.410 e. The molecule has 1 unspecified atom stereocenters. The molecule has 284 valence electrons. The molecule has 13 nitrogen and oxygen atoms in total. The van der Waals surface area contributed by atoms with Gasteiger partial charge in [-0.2, -0.15) is 0 Å². The summed E-state index contributed by atoms with van der Waals surface area (Å²) in [6.45, 7) is 12.3. The highest BCUT2D eigenvalue weighted by Crippen LogP contribution is 2.37. The van der Waals surface area contributed by atoms with Gasteiger partial charge in [0, 0.05) is 57.5 Å². The first kappa shape index (κ1) is 41.6. The van der Waals surface area contributed by atoms with Crippen LogP contribution in [0, 0.1) is 11.8 Å². The number of aliphatic hydroxyl groups is 3. The summed E-state index contributed by atoms with van der Waals surface area (Å²) < 4.78 is 23.6. The first-order chi connectivity index (χ1) is 23.5. The molecule has 0 spiro atoms. The molecule has 1 amide bonds. The summed E-state index contributed by atoms with van der Waals surface area (Å²) in [6.07, 6.45) is 6.52. The van der Waals surface area contributed by atoms with Crippen molar-refractivity contribution in [2.75, 3.05) is 26.7 Å². The second-order valence-electron chi connectivity index (χ2n) is 14.7. The third kappa shape index (κ3) is 12.4. The summed E-state index contributed by atoms with van der Waals surface area (Å²) in [5.74, 6) is -1.85. The second kappa shape index (κ2) is 18.6. The number of piperazine rings is 1. The number of carbonyl (C=O) groups excluding carboxylic acids is 2. The minimum Gasteiger partial charge on any atom is -0.481 e. The molecule has 0 aliphatic carbocycles. The molecule has 0 aromatic carbocycles. The lowest BCUT2D eigenvalue weighted by atomic mass is 9.88. The van der Waals surface area contributed by atoms with Gasteiger partial charge in [0.05, 0.1) is 36.4 Å². The van der Waals surface area contributed by atoms with Gasteiger partial charge in [-0.15, -0.1) is 0 Å². The monoisotopic (exact) mass is 708 g/mol. The lowest BCUT2D eigenvalue weighted by Crippen LogP contribution is -2.54. The van der Waals surface area contributed by atoms with Crippen molar-refractivity contribution in [2.24, 2.45) is 11.8 Å². The Labute approximate surface area is 296 Å². The highest BCUT2D eigenvalue weighted by molar-refractivity contribution is 5.70. The molecule has 2 saturated heterocycles. The Hall–Kier alpha value is -2.81. The second-order valence-corrected chi connectivity index (χ2v) is 14.7. The number of amides is 1. The van der Waals surface area contributed by atoms with E-state index in [2.05, 4.69) is 5.32 Å². The van der Waals surface area contributed by atoms with E-state index in [-0.39, 0.29) is 55.8 Å². The number of aliphatic carboxylic acids is 1. The van der Waals surface area contributed by atoms with Crippen molar-refractivity contribution < 1.29 is 53.8 Å². The van der Waals surface area contributed by atoms with Gasteiger partial charge in [0.2, 0.25) is 0 Å². The quantitative estimate of drug-likeness (QED) is 0.0813. The number of hydrogen-bond acceptors (Lipinski definition) is 11. The van der Waals surface area contributed by atoms with Gasteiger partial charge in [-0.1, -0.05) is 45.1 Å². The maximum absolute atomic E-state index is 13.5. The summed E-state index contributed by atoms with van der Waals surface area (Å²) in [5.41, 5.74) is -1.50. The Kier molecular flexibility index (Phi) is 15.5. The van der Waals surface area contributed by atoms with Crippen molar-refractivity contribution in [1.82, 2.24) is 10.2 Å². The van der Waals surface area contributed by atoms with E-state index < -0.39 is 53.6 Å². The van der Waals surface area contributed by atoms with Gasteiger partial charge in [-0.25, -0.2) is 4.79 Å². The zero-order valence-corrected chi connectivity index (χ0v) is 30.7. The predicted molar refractivity (Wildman–Crippen MR) is 186 cm³/mol. The molecule has 0 saturated carbocycles. The molecular formula is C37H60N2O11. The molecule has 0 aromatic rings. The molecular weight excluding hydrogens is 648 g/mol. The van der Waals surface area contributed by atoms with Gasteiger partial charge in [0.25, 0.3) is 0 Å². The van der Waals surface area contributed by atoms with Crippen LogP contribution < -0.4 is 5.32 Å². The van der Waals surface area contributed by atoms with Crippen LogP contribution in [0.1, 0.15) is 86.5 Å². The van der Waals surface area contributed by atoms with E-state index in [0.29, 0.717) is 44.5 Å². The number of esters is 1. The van der Waals surface area contributed by atoms with E-state index in [0.717, 1.165) is 0 Å². The lowest BCUT2D eigenvalue weighted by molar-refractivity contribution is -0.151. The van der Waals surface area contributed by atoms with E-state index in [4.69, 9.17) is 24.1 Å². The Bertz CT molecular complexity index is 1240. The minimum absolute atomic E-state index is 0.0112. The number of nitrogens with zero attached hydrogens (tertiary/aromatic N) is 1. The third-order valence-electron chi connectivity index (χ3n) is 10.3. The number of nitrogens with one attached hydrogen (secondary N) is 1. The molecule has 11 atom stereocenters. The Morgan fingerprint density at radius 1 is 1.30 bits per heavy atom. The summed E-state index contributed by atoms with van der Waals surface area (Å²) in [7, 11) is 1.51. The van der Waals surface area contributed by atoms with Gasteiger partial charge in [-0.3, -0.25) is 9.59 Å². The summed E-state index contributed by atoms with van der Waals surface area (Å²) >= 11 is 0. The maximum Gasteiger partial charge on any atom is 0.410 e. The molecule has 0 bridgehead atoms. The van der Waals surface area contributed by atoms with E-state index in [1.54, 1.807) is 43.1 Å². The topological polar surface area (TPSA) is 188 Å². The van der Waals surface area contributed by atoms with E-state index >= 15 is 0 Å². The number of methoxy groups -OCH3 is 1. The SMILES string of the molecule is CC[C@H](O)[C@@H](C)[C@H]1O[C@@H]1CC(C)(O)/C=C/C=C(\C)[C@H]1OC(=O)C[C@H](O)CC[C@@](C)(OC)[C@@H](OC(=O)N2CCN[C@H](CCC(=O)O)C2)/C=C/[C@@H]1C. The van der Waals surface area contributed by atoms with Crippen LogP contribution in [0.4, 0.5) is 4.79 Å². The first-order valence-electron chi connectivity index (χ1n) is 17.9. The number of rotatable bonds is 13. The predicted octanol–water partition coefficient (Wildman–Crippen LogP) is 3.50. The fourth-order valence-electron chi connectivity index (χ4n) is 6.67. The molecule has 0 radical (unpaired) electrons. The average molecular weight is 709 g/mol. The molecule has 3 rings (SSSR count). The zero-order valence-electron chi connectivity index (χ0n) is 30.7. The number of hydrogen-bond donors (Lipinski definition) is 5. The molecule has 13 heteroatoms. The van der Waals surface area contributed by atoms with Gasteiger partial charge >= 0.3 is 18.0 Å². The van der Waals surface area contributed by atoms with Crippen molar-refractivity contribution in [3.63, 3.8) is 0 Å². The third-order valence-corrected chi connectivity index (χ3v) is 10.3. The van der Waals surface area contributed by atoms with Crippen molar-refractivity contribution in [3.05, 3.63) is 36.0 Å². The average Bonchev–Trinajstić information content (AvgIpc) is 3.83. The number of cyclic esters (lactones) is 1. The van der Waals surface area contributed by atoms with Crippen LogP contribution in [0.15, 0.2) is 36.0 Å². The molecule has 2 fully saturated rings. The lowest BCUT2D eigenvalue weighted by Gasteiger charge is -2.38. The van der Waals surface area contributed by atoms with Gasteiger partial charge in [0.1, 0.15) is 11.7 Å². The van der Waals surface area contributed by atoms with Crippen LogP contribution in [0.25, 0.3) is 0 Å². The van der Waals surface area contributed by atoms with Crippen LogP contribution in [-0.2, 0) is 28.5 Å². The Balaban J connectivity index is 1.77. The first-order valence-corrected chi connectivity index (χ1v) is 17.9. The fourth-order valence-corrected chi connectivity index (χ4v) is 6.67. The highest BCUT2D eigenvalue weighted by Gasteiger charge is 2.47. The number of allylic oxidation sites excluding steroid dienone is 2. The van der Waals surface area contributed by atoms with Gasteiger partial charge in [-0.05, 0) is 58.1 Å². The minimum atomic E-state index is -1.17. The maximum atomic E-state index is 13.5. The number of aliphatic hydroxyl groups excluding tert-OH is 2. The Morgan fingerprint density at radius 2 is 2.02 bits per heavy atom. The number of carbonyl (C=O) groups is 3. The summed E-state index contributed by atoms with van der Waals surface area (Å²) in [4.78, 5) is 39.0. The van der Waals surface area contributed by atoms with Gasteiger partial charge < -0.3 is 49.6 Å². The van der Waals surface area contributed by atoms with Gasteiger partial charge in [0.15, 0.2) is 6.10 Å². The van der Waals surface area contributed by atoms with Crippen molar-refractivity contribution >= 4 is 18.0 Å². The standard InChI is InChI=1S/C37H60N2O11/c1-8-28(41)25(4)34-29(48-34)21-36(5,46)16-9-10-23(2)33-24(3)11-13-30(37(6,47-7)17-15-27(40)20-32(44)50-33)49-35(45)39-19-18-38-26(22-39)12-14-31(42)43/h9-11,13,16,24-30,33-34,38,40-41,46H,8,12,14-15,17-22H2,1-7H3,(H,42,43)/b13-11+,16-9+,23-10+/t24-,25+,26+,27+,28-,29+,30-,33+,34+,36?,37+/m0/s1. The van der Waals surface area contributed by atoms with E-state index in [9.17, 15) is 29.7 Å². The molecule has 50 heavy (non-hydrogen) atoms. The summed E-state index contributed by atoms with van der Waals surface area (Å²) in [6, 6.07) is -0.173. The summed E-state index contributed by atoms with van der Waals surface area (Å²) in [5, 5.41) is 44.3. The highest BCUT2D eigenvalue weighted by atomic mass is 16.6. The number of epoxide rings is 1. The van der Waals surface area contributed by atoms with Crippen LogP contribution in [0.2, 0.25) is 0 Å². The normalized spacial score (nSPS) is 34.4. The van der Waals surface area contributed by atoms with Crippen molar-refractivity contribution in [3.8, 4) is 0 Å². The molecule has 3 aliphatic rings. The number of carboxylic acids is 1. The number of carboxylic acid groups (broad SMARTS) is 1. The van der Waals surface area contributed by atoms with Crippen molar-refractivity contribution in [1.29, 1.82) is 0 Å². The van der Waals surface area contributed by atoms with Crippen LogP contribution in [0.3, 0.4) is 0 Å².